The van der Waals surface area contributed by atoms with E-state index >= 15 is 0 Å². The minimum atomic E-state index is 0.907. The van der Waals surface area contributed by atoms with Gasteiger partial charge in [-0.25, -0.2) is 0 Å². The molecule has 94 heavy (non-hydrogen) atoms. The average Bonchev–Trinajstić information content (AvgIpc) is 1.58. The van der Waals surface area contributed by atoms with Crippen LogP contribution in [0.1, 0.15) is 0 Å². The number of hydrogen-bond acceptors (Lipinski definition) is 2. The molecule has 4 nitrogen and oxygen atoms in total. The molecule has 19 rings (SSSR count). The monoisotopic (exact) mass is 1200 g/mol. The van der Waals surface area contributed by atoms with Crippen molar-refractivity contribution >= 4 is 87.5 Å². The van der Waals surface area contributed by atoms with Gasteiger partial charge in [-0.3, -0.25) is 0 Å². The van der Waals surface area contributed by atoms with Crippen LogP contribution in [0.2, 0.25) is 0 Å². The average molecular weight is 1200 g/mol. The summed E-state index contributed by atoms with van der Waals surface area (Å²) in [5.74, 6) is 0. The molecule has 0 aliphatic carbocycles. The van der Waals surface area contributed by atoms with Crippen LogP contribution < -0.4 is 0 Å². The third kappa shape index (κ3) is 8.83. The standard InChI is InChI=1S/C90H56N2O2/c1-3-13-57(14-4-1)69-39-47-74-75-48-40-70(56-84(75)92(83(74)55-69)72-45-37-61(38-46-72)59-25-29-63(30-26-59)68-42-52-88-80(54-68)77-18-9-12-22-86(77)94-88)64-31-33-65(34-32-64)73-49-50-82-90(89(73)66-15-5-2-6-16-66)78-19-7-10-20-81(78)91(82)71-43-35-60(36-44-71)58-23-27-62(28-24-58)67-41-51-87-79(53-67)76-17-8-11-21-85(76)93-87/h1-56H. The molecule has 15 aromatic carbocycles. The number of fused-ring (bicyclic) bond motifs is 12. The van der Waals surface area contributed by atoms with Crippen LogP contribution in [0.4, 0.5) is 0 Å². The lowest BCUT2D eigenvalue weighted by atomic mass is 9.90. The molecule has 4 aromatic heterocycles. The quantitative estimate of drug-likeness (QED) is 0.137. The Morgan fingerprint density at radius 1 is 0.181 bits per heavy atom. The smallest absolute Gasteiger partial charge is 0.135 e. The van der Waals surface area contributed by atoms with Gasteiger partial charge in [0.05, 0.1) is 22.1 Å². The highest BCUT2D eigenvalue weighted by molar-refractivity contribution is 6.19. The van der Waals surface area contributed by atoms with E-state index in [4.69, 9.17) is 8.83 Å². The summed E-state index contributed by atoms with van der Waals surface area (Å²) in [4.78, 5) is 0. The first kappa shape index (κ1) is 53.3. The van der Waals surface area contributed by atoms with Gasteiger partial charge >= 0.3 is 0 Å². The summed E-state index contributed by atoms with van der Waals surface area (Å²) in [6.07, 6.45) is 0. The van der Waals surface area contributed by atoms with Gasteiger partial charge in [0, 0.05) is 54.5 Å². The highest BCUT2D eigenvalue weighted by Crippen LogP contribution is 2.46. The second-order valence-electron chi connectivity index (χ2n) is 24.7. The van der Waals surface area contributed by atoms with Crippen LogP contribution in [0.5, 0.6) is 0 Å². The fourth-order valence-corrected chi connectivity index (χ4v) is 14.7. The van der Waals surface area contributed by atoms with E-state index in [1.54, 1.807) is 0 Å². The van der Waals surface area contributed by atoms with E-state index in [1.165, 1.54) is 99.3 Å². The first-order chi connectivity index (χ1) is 46.6. The van der Waals surface area contributed by atoms with E-state index in [2.05, 4.69) is 325 Å². The predicted molar refractivity (Wildman–Crippen MR) is 393 cm³/mol. The van der Waals surface area contributed by atoms with E-state index in [-0.39, 0.29) is 0 Å². The largest absolute Gasteiger partial charge is 0.456 e. The molecular weight excluding hydrogens is 1140 g/mol. The maximum atomic E-state index is 6.14. The Kier molecular flexibility index (Phi) is 12.3. The highest BCUT2D eigenvalue weighted by atomic mass is 16.3. The van der Waals surface area contributed by atoms with E-state index < -0.39 is 0 Å². The number of benzene rings is 15. The zero-order chi connectivity index (χ0) is 61.8. The van der Waals surface area contributed by atoms with Crippen molar-refractivity contribution in [3.63, 3.8) is 0 Å². The maximum absolute atomic E-state index is 6.14. The topological polar surface area (TPSA) is 36.1 Å². The second kappa shape index (κ2) is 21.6. The van der Waals surface area contributed by atoms with Gasteiger partial charge in [-0.1, -0.05) is 255 Å². The summed E-state index contributed by atoms with van der Waals surface area (Å²) in [7, 11) is 0. The Labute approximate surface area is 542 Å². The van der Waals surface area contributed by atoms with Crippen LogP contribution in [0.25, 0.3) is 188 Å². The zero-order valence-corrected chi connectivity index (χ0v) is 51.0. The van der Waals surface area contributed by atoms with Gasteiger partial charge in [0.25, 0.3) is 0 Å². The van der Waals surface area contributed by atoms with Crippen molar-refractivity contribution in [3.8, 4) is 100 Å². The third-order valence-electron chi connectivity index (χ3n) is 19.4. The molecule has 0 radical (unpaired) electrons. The van der Waals surface area contributed by atoms with Crippen molar-refractivity contribution in [2.24, 2.45) is 0 Å². The lowest BCUT2D eigenvalue weighted by Crippen LogP contribution is -1.95. The number of para-hydroxylation sites is 3. The van der Waals surface area contributed by atoms with Crippen molar-refractivity contribution in [1.29, 1.82) is 0 Å². The first-order valence-corrected chi connectivity index (χ1v) is 32.2. The molecule has 19 aromatic rings. The van der Waals surface area contributed by atoms with Crippen LogP contribution in [0.3, 0.4) is 0 Å². The number of nitrogens with zero attached hydrogens (tertiary/aromatic N) is 2. The number of furan rings is 2. The van der Waals surface area contributed by atoms with Crippen LogP contribution in [0, 0.1) is 0 Å². The molecule has 0 N–H and O–H groups in total. The molecule has 0 saturated carbocycles. The fourth-order valence-electron chi connectivity index (χ4n) is 14.7. The second-order valence-corrected chi connectivity index (χ2v) is 24.7. The van der Waals surface area contributed by atoms with Gasteiger partial charge in [0.15, 0.2) is 0 Å². The van der Waals surface area contributed by atoms with Crippen molar-refractivity contribution in [1.82, 2.24) is 9.13 Å². The molecule has 0 aliphatic rings. The van der Waals surface area contributed by atoms with Crippen LogP contribution >= 0.6 is 0 Å². The molecule has 0 aliphatic heterocycles. The molecule has 0 spiro atoms. The van der Waals surface area contributed by atoms with Crippen molar-refractivity contribution in [3.05, 3.63) is 340 Å². The minimum Gasteiger partial charge on any atom is -0.456 e. The normalized spacial score (nSPS) is 11.8. The number of rotatable bonds is 10. The fraction of sp³-hybridized carbons (Fsp3) is 0. The van der Waals surface area contributed by atoms with Crippen LogP contribution in [0.15, 0.2) is 349 Å². The van der Waals surface area contributed by atoms with Gasteiger partial charge < -0.3 is 18.0 Å². The first-order valence-electron chi connectivity index (χ1n) is 32.2. The Morgan fingerprint density at radius 3 is 1.01 bits per heavy atom. The summed E-state index contributed by atoms with van der Waals surface area (Å²) in [6.45, 7) is 0. The van der Waals surface area contributed by atoms with Crippen molar-refractivity contribution in [2.75, 3.05) is 0 Å². The molecule has 438 valence electrons. The van der Waals surface area contributed by atoms with Crippen LogP contribution in [-0.4, -0.2) is 9.13 Å². The molecule has 0 amide bonds. The molecule has 0 saturated heterocycles. The zero-order valence-electron chi connectivity index (χ0n) is 51.0. The summed E-state index contributed by atoms with van der Waals surface area (Å²) in [5.41, 5.74) is 29.3. The van der Waals surface area contributed by atoms with Gasteiger partial charge in [-0.2, -0.15) is 0 Å². The molecule has 0 fully saturated rings. The molecule has 0 atom stereocenters. The highest BCUT2D eigenvalue weighted by Gasteiger charge is 2.22. The van der Waals surface area contributed by atoms with Crippen molar-refractivity contribution in [2.45, 2.75) is 0 Å². The van der Waals surface area contributed by atoms with Crippen molar-refractivity contribution < 1.29 is 8.83 Å². The number of hydrogen-bond donors (Lipinski definition) is 0. The lowest BCUT2D eigenvalue weighted by Gasteiger charge is -2.15. The van der Waals surface area contributed by atoms with Gasteiger partial charge in [-0.05, 0) is 174 Å². The summed E-state index contributed by atoms with van der Waals surface area (Å²) in [6, 6.07) is 124. The number of aromatic nitrogens is 2. The van der Waals surface area contributed by atoms with E-state index in [9.17, 15) is 0 Å². The molecule has 4 heterocycles. The third-order valence-corrected chi connectivity index (χ3v) is 19.4. The summed E-state index contributed by atoms with van der Waals surface area (Å²) < 4.78 is 17.2. The Bertz CT molecular complexity index is 6150. The molecular formula is C90H56N2O2. The van der Waals surface area contributed by atoms with Crippen LogP contribution in [-0.2, 0) is 0 Å². The summed E-state index contributed by atoms with van der Waals surface area (Å²) in [5, 5.41) is 9.43. The summed E-state index contributed by atoms with van der Waals surface area (Å²) >= 11 is 0. The lowest BCUT2D eigenvalue weighted by molar-refractivity contribution is 0.668. The molecule has 4 heteroatoms. The van der Waals surface area contributed by atoms with Gasteiger partial charge in [-0.15, -0.1) is 0 Å². The Morgan fingerprint density at radius 2 is 0.521 bits per heavy atom. The van der Waals surface area contributed by atoms with E-state index in [0.717, 1.165) is 88.5 Å². The molecule has 0 unspecified atom stereocenters. The predicted octanol–water partition coefficient (Wildman–Crippen LogP) is 25.0. The minimum absolute atomic E-state index is 0.907. The van der Waals surface area contributed by atoms with Gasteiger partial charge in [0.2, 0.25) is 0 Å². The Balaban J connectivity index is 0.657. The molecule has 0 bridgehead atoms. The van der Waals surface area contributed by atoms with E-state index in [0.29, 0.717) is 0 Å². The maximum Gasteiger partial charge on any atom is 0.135 e. The van der Waals surface area contributed by atoms with Gasteiger partial charge in [0.1, 0.15) is 22.3 Å². The SMILES string of the molecule is c1ccc(-c2ccc3c4ccc(-c5ccc(-c6ccc7c(c6-c6ccccc6)c6ccccc6n7-c6ccc(-c7ccc(-c8ccc9oc%10ccccc%10c9c8)cc7)cc6)cc5)cc4n(-c4ccc(-c5ccc(-c6ccc7oc8ccccc8c7c6)cc5)cc4)c3c2)cc1. The van der Waals surface area contributed by atoms with E-state index in [1.807, 2.05) is 24.3 Å². The Hall–Kier alpha value is -12.5.